The average molecular weight is 412 g/mol. The van der Waals surface area contributed by atoms with Crippen molar-refractivity contribution in [2.24, 2.45) is 5.92 Å². The third-order valence-electron chi connectivity index (χ3n) is 6.82. The third-order valence-corrected chi connectivity index (χ3v) is 6.82. The molecular formula is C25H25N5O. The molecule has 6 rings (SSSR count). The first kappa shape index (κ1) is 18.4. The fourth-order valence-electron chi connectivity index (χ4n) is 5.39. The number of anilines is 1. The van der Waals surface area contributed by atoms with E-state index in [1.165, 1.54) is 12.0 Å². The summed E-state index contributed by atoms with van der Waals surface area (Å²) in [4.78, 5) is 22.0. The molecule has 6 heteroatoms. The Hall–Kier alpha value is -3.41. The lowest BCUT2D eigenvalue weighted by Gasteiger charge is -2.32. The van der Waals surface area contributed by atoms with Gasteiger partial charge in [-0.2, -0.15) is 4.98 Å². The van der Waals surface area contributed by atoms with Gasteiger partial charge in [-0.1, -0.05) is 60.7 Å². The number of aromatic nitrogens is 4. The van der Waals surface area contributed by atoms with E-state index in [1.807, 2.05) is 22.8 Å². The first-order valence-electron chi connectivity index (χ1n) is 11.1. The molecule has 4 aromatic rings. The summed E-state index contributed by atoms with van der Waals surface area (Å²) in [5.41, 5.74) is 3.69. The fraction of sp³-hybridized carbons (Fsp3) is 0.320. The number of nitrogens with one attached hydrogen (secondary N) is 1. The number of rotatable bonds is 4. The van der Waals surface area contributed by atoms with E-state index in [1.54, 1.807) is 6.33 Å². The lowest BCUT2D eigenvalue weighted by molar-refractivity contribution is 0.273. The van der Waals surface area contributed by atoms with Gasteiger partial charge in [-0.25, -0.2) is 4.98 Å². The fourth-order valence-corrected chi connectivity index (χ4v) is 5.39. The van der Waals surface area contributed by atoms with E-state index in [2.05, 4.69) is 62.3 Å². The molecule has 6 nitrogen and oxygen atoms in total. The van der Waals surface area contributed by atoms with Crippen molar-refractivity contribution in [1.82, 2.24) is 19.1 Å². The minimum absolute atomic E-state index is 0.207. The molecule has 3 heterocycles. The van der Waals surface area contributed by atoms with Crippen LogP contribution in [-0.2, 0) is 13.0 Å². The van der Waals surface area contributed by atoms with Crippen LogP contribution in [0.25, 0.3) is 11.2 Å². The zero-order chi connectivity index (χ0) is 20.8. The van der Waals surface area contributed by atoms with Crippen molar-refractivity contribution in [2.75, 3.05) is 5.32 Å². The van der Waals surface area contributed by atoms with Gasteiger partial charge in [-0.3, -0.25) is 9.36 Å². The van der Waals surface area contributed by atoms with Gasteiger partial charge in [-0.15, -0.1) is 0 Å². The quantitative estimate of drug-likeness (QED) is 0.551. The van der Waals surface area contributed by atoms with Gasteiger partial charge < -0.3 is 9.88 Å². The summed E-state index contributed by atoms with van der Waals surface area (Å²) in [5, 5.41) is 3.55. The van der Waals surface area contributed by atoms with Crippen LogP contribution in [0.3, 0.4) is 0 Å². The van der Waals surface area contributed by atoms with Crippen molar-refractivity contribution in [3.05, 3.63) is 88.5 Å². The second-order valence-corrected chi connectivity index (χ2v) is 8.83. The van der Waals surface area contributed by atoms with Crippen molar-refractivity contribution in [3.8, 4) is 0 Å². The van der Waals surface area contributed by atoms with Crippen LogP contribution in [0.4, 0.5) is 5.95 Å². The maximum atomic E-state index is 12.9. The average Bonchev–Trinajstić information content (AvgIpc) is 3.36. The molecule has 0 radical (unpaired) electrons. The highest BCUT2D eigenvalue weighted by Crippen LogP contribution is 2.41. The number of imidazole rings is 1. The van der Waals surface area contributed by atoms with Crippen LogP contribution in [0.1, 0.15) is 36.4 Å². The second kappa shape index (κ2) is 7.38. The molecule has 0 amide bonds. The van der Waals surface area contributed by atoms with Gasteiger partial charge >= 0.3 is 5.56 Å². The second-order valence-electron chi connectivity index (χ2n) is 8.83. The summed E-state index contributed by atoms with van der Waals surface area (Å²) in [6, 6.07) is 21.5. The van der Waals surface area contributed by atoms with Crippen LogP contribution in [-0.4, -0.2) is 25.1 Å². The van der Waals surface area contributed by atoms with E-state index in [0.717, 1.165) is 30.5 Å². The molecule has 156 valence electrons. The number of fused-ring (bicyclic) bond motifs is 5. The molecule has 1 fully saturated rings. The molecule has 0 bridgehead atoms. The number of hydrogen-bond acceptors (Lipinski definition) is 4. The molecule has 31 heavy (non-hydrogen) atoms. The Bertz CT molecular complexity index is 1280. The van der Waals surface area contributed by atoms with Crippen LogP contribution in [0.15, 0.2) is 71.8 Å². The first-order chi connectivity index (χ1) is 15.3. The van der Waals surface area contributed by atoms with Gasteiger partial charge in [0.15, 0.2) is 11.2 Å². The normalized spacial score (nSPS) is 22.1. The van der Waals surface area contributed by atoms with Crippen LogP contribution in [0.5, 0.6) is 0 Å². The number of benzene rings is 2. The van der Waals surface area contributed by atoms with Crippen molar-refractivity contribution < 1.29 is 0 Å². The predicted molar refractivity (Wildman–Crippen MR) is 121 cm³/mol. The van der Waals surface area contributed by atoms with E-state index >= 15 is 0 Å². The molecule has 1 N–H and O–H groups in total. The molecule has 0 saturated heterocycles. The van der Waals surface area contributed by atoms with E-state index < -0.39 is 0 Å². The summed E-state index contributed by atoms with van der Waals surface area (Å²) in [7, 11) is 0. The highest BCUT2D eigenvalue weighted by Gasteiger charge is 2.39. The van der Waals surface area contributed by atoms with Gasteiger partial charge in [0.2, 0.25) is 5.95 Å². The van der Waals surface area contributed by atoms with Crippen molar-refractivity contribution in [1.29, 1.82) is 0 Å². The maximum Gasteiger partial charge on any atom is 0.300 e. The number of hydrogen-bond donors (Lipinski definition) is 1. The van der Waals surface area contributed by atoms with E-state index in [-0.39, 0.29) is 5.56 Å². The molecule has 2 aliphatic rings. The predicted octanol–water partition coefficient (Wildman–Crippen LogP) is 4.02. The summed E-state index contributed by atoms with van der Waals surface area (Å²) in [6.45, 7) is 0.619. The summed E-state index contributed by atoms with van der Waals surface area (Å²) in [6.07, 6.45) is 6.22. The molecular weight excluding hydrogens is 386 g/mol. The molecule has 1 aliphatic carbocycles. The standard InChI is InChI=1S/C25H25N5O/c31-24-22-23(26-16-29(22)15-18-9-5-2-6-10-18)30-21-12-11-19(13-17-7-3-1-4-8-17)14-20(21)27-25(30)28-24/h1-10,16,19-21H,11-15H2,(H,27,28,31)/t19?,20-,21+/m1/s1. The SMILES string of the molecule is O=c1nc2n(c3ncn(Cc4ccccc4)c13)[C@H]1CCC(Cc3ccccc3)C[C@H]1N2. The smallest absolute Gasteiger partial charge is 0.300 e. The van der Waals surface area contributed by atoms with Gasteiger partial charge in [0, 0.05) is 6.54 Å². The molecule has 2 aromatic heterocycles. The largest absolute Gasteiger partial charge is 0.351 e. The minimum Gasteiger partial charge on any atom is -0.351 e. The van der Waals surface area contributed by atoms with Gasteiger partial charge in [0.05, 0.1) is 18.4 Å². The van der Waals surface area contributed by atoms with Crippen LogP contribution >= 0.6 is 0 Å². The van der Waals surface area contributed by atoms with Crippen LogP contribution in [0, 0.1) is 5.92 Å². The van der Waals surface area contributed by atoms with E-state index in [0.29, 0.717) is 36.0 Å². The van der Waals surface area contributed by atoms with Crippen LogP contribution < -0.4 is 10.9 Å². The molecule has 1 aliphatic heterocycles. The monoisotopic (exact) mass is 411 g/mol. The van der Waals surface area contributed by atoms with Gasteiger partial charge in [0.25, 0.3) is 0 Å². The van der Waals surface area contributed by atoms with E-state index in [9.17, 15) is 4.79 Å². The highest BCUT2D eigenvalue weighted by molar-refractivity contribution is 5.73. The molecule has 1 unspecified atom stereocenters. The molecule has 2 aromatic carbocycles. The van der Waals surface area contributed by atoms with Crippen molar-refractivity contribution in [2.45, 2.75) is 44.3 Å². The zero-order valence-corrected chi connectivity index (χ0v) is 17.3. The lowest BCUT2D eigenvalue weighted by Crippen LogP contribution is -2.31. The van der Waals surface area contributed by atoms with E-state index in [4.69, 9.17) is 0 Å². The van der Waals surface area contributed by atoms with Gasteiger partial charge in [-0.05, 0) is 42.7 Å². The Labute approximate surface area is 180 Å². The Kier molecular flexibility index (Phi) is 4.37. The van der Waals surface area contributed by atoms with Gasteiger partial charge in [0.1, 0.15) is 0 Å². The first-order valence-corrected chi connectivity index (χ1v) is 11.1. The maximum absolute atomic E-state index is 12.9. The highest BCUT2D eigenvalue weighted by atomic mass is 16.1. The lowest BCUT2D eigenvalue weighted by atomic mass is 9.80. The molecule has 3 atom stereocenters. The molecule has 1 saturated carbocycles. The summed E-state index contributed by atoms with van der Waals surface area (Å²) < 4.78 is 4.11. The van der Waals surface area contributed by atoms with Crippen LogP contribution in [0.2, 0.25) is 0 Å². The summed E-state index contributed by atoms with van der Waals surface area (Å²) >= 11 is 0. The third kappa shape index (κ3) is 3.23. The Morgan fingerprint density at radius 3 is 2.48 bits per heavy atom. The Morgan fingerprint density at radius 1 is 0.968 bits per heavy atom. The topological polar surface area (TPSA) is 64.7 Å². The molecule has 0 spiro atoms. The minimum atomic E-state index is -0.207. The zero-order valence-electron chi connectivity index (χ0n) is 17.3. The van der Waals surface area contributed by atoms with Crippen molar-refractivity contribution >= 4 is 17.1 Å². The summed E-state index contributed by atoms with van der Waals surface area (Å²) in [5.74, 6) is 1.32. The van der Waals surface area contributed by atoms with Crippen molar-refractivity contribution in [3.63, 3.8) is 0 Å². The number of nitrogens with zero attached hydrogens (tertiary/aromatic N) is 4. The Morgan fingerprint density at radius 2 is 1.71 bits per heavy atom. The Balaban J connectivity index is 1.30.